The van der Waals surface area contributed by atoms with Crippen LogP contribution >= 0.6 is 11.3 Å². The summed E-state index contributed by atoms with van der Waals surface area (Å²) in [6, 6.07) is 1.39. The van der Waals surface area contributed by atoms with Crippen LogP contribution in [-0.2, 0) is 17.8 Å². The van der Waals surface area contributed by atoms with Gasteiger partial charge in [0, 0.05) is 24.5 Å². The summed E-state index contributed by atoms with van der Waals surface area (Å²) in [4.78, 5) is 26.8. The Labute approximate surface area is 117 Å². The van der Waals surface area contributed by atoms with Gasteiger partial charge in [-0.05, 0) is 37.3 Å². The number of hydrogen-bond acceptors (Lipinski definition) is 4. The Bertz CT molecular complexity index is 472. The van der Waals surface area contributed by atoms with E-state index in [0.717, 1.165) is 19.5 Å². The number of carbonyl (C=O) groups excluding carboxylic acids is 2. The molecule has 19 heavy (non-hydrogen) atoms. The minimum Gasteiger partial charge on any atom is -0.338 e. The zero-order valence-corrected chi connectivity index (χ0v) is 12.0. The van der Waals surface area contributed by atoms with E-state index in [0.29, 0.717) is 6.54 Å². The smallest absolute Gasteiger partial charge is 0.321 e. The summed E-state index contributed by atoms with van der Waals surface area (Å²) in [6.45, 7) is 5.80. The summed E-state index contributed by atoms with van der Waals surface area (Å²) in [5.74, 6) is -0.246. The van der Waals surface area contributed by atoms with Crippen molar-refractivity contribution in [3.63, 3.8) is 0 Å². The van der Waals surface area contributed by atoms with Crippen molar-refractivity contribution >= 4 is 23.3 Å². The lowest BCUT2D eigenvalue weighted by Crippen LogP contribution is -2.50. The molecule has 3 amide bonds. The van der Waals surface area contributed by atoms with Gasteiger partial charge < -0.3 is 5.32 Å². The molecule has 1 unspecified atom stereocenters. The van der Waals surface area contributed by atoms with E-state index in [1.165, 1.54) is 10.4 Å². The highest BCUT2D eigenvalue weighted by molar-refractivity contribution is 7.10. The summed E-state index contributed by atoms with van der Waals surface area (Å²) in [7, 11) is 0. The molecule has 1 aromatic heterocycles. The Morgan fingerprint density at radius 2 is 2.32 bits per heavy atom. The highest BCUT2D eigenvalue weighted by atomic mass is 32.1. The first-order chi connectivity index (χ1) is 9.11. The average Bonchev–Trinajstić information content (AvgIpc) is 2.85. The Morgan fingerprint density at radius 1 is 1.53 bits per heavy atom. The van der Waals surface area contributed by atoms with Gasteiger partial charge in [0.25, 0.3) is 0 Å². The molecule has 2 heterocycles. The van der Waals surface area contributed by atoms with Gasteiger partial charge in [-0.3, -0.25) is 15.0 Å². The topological polar surface area (TPSA) is 61.4 Å². The third-order valence-electron chi connectivity index (χ3n) is 3.34. The van der Waals surface area contributed by atoms with Gasteiger partial charge in [-0.2, -0.15) is 0 Å². The molecule has 0 spiro atoms. The van der Waals surface area contributed by atoms with Crippen molar-refractivity contribution < 1.29 is 9.59 Å². The molecule has 0 aliphatic carbocycles. The molecule has 0 bridgehead atoms. The van der Waals surface area contributed by atoms with E-state index >= 15 is 0 Å². The molecule has 0 fully saturated rings. The fourth-order valence-electron chi connectivity index (χ4n) is 2.19. The van der Waals surface area contributed by atoms with Crippen LogP contribution in [0.2, 0.25) is 0 Å². The maximum Gasteiger partial charge on any atom is 0.321 e. The molecule has 0 aromatic carbocycles. The summed E-state index contributed by atoms with van der Waals surface area (Å²) in [5, 5.41) is 7.02. The zero-order chi connectivity index (χ0) is 13.8. The number of rotatable bonds is 3. The van der Waals surface area contributed by atoms with E-state index in [-0.39, 0.29) is 11.9 Å². The Kier molecular flexibility index (Phi) is 4.55. The molecule has 2 rings (SSSR count). The highest BCUT2D eigenvalue weighted by Gasteiger charge is 2.26. The van der Waals surface area contributed by atoms with Crippen LogP contribution in [0.15, 0.2) is 11.4 Å². The first-order valence-corrected chi connectivity index (χ1v) is 7.37. The number of amides is 3. The molecule has 1 atom stereocenters. The van der Waals surface area contributed by atoms with Crippen molar-refractivity contribution in [2.45, 2.75) is 32.9 Å². The lowest BCUT2D eigenvalue weighted by Gasteiger charge is -2.31. The molecule has 1 aliphatic heterocycles. The maximum absolute atomic E-state index is 12.0. The number of nitrogens with one attached hydrogen (secondary N) is 2. The number of thiophene rings is 1. The number of nitrogens with zero attached hydrogens (tertiary/aromatic N) is 1. The predicted molar refractivity (Wildman–Crippen MR) is 75.1 cm³/mol. The van der Waals surface area contributed by atoms with Crippen LogP contribution in [-0.4, -0.2) is 36.0 Å². The minimum absolute atomic E-state index is 0.246. The summed E-state index contributed by atoms with van der Waals surface area (Å²) in [6.07, 6.45) is 0.978. The summed E-state index contributed by atoms with van der Waals surface area (Å²) >= 11 is 1.77. The predicted octanol–water partition coefficient (Wildman–Crippen LogP) is 1.34. The summed E-state index contributed by atoms with van der Waals surface area (Å²) in [5.41, 5.74) is 1.30. The molecule has 0 saturated heterocycles. The van der Waals surface area contributed by atoms with Gasteiger partial charge in [-0.1, -0.05) is 0 Å². The van der Waals surface area contributed by atoms with Crippen LogP contribution in [0.5, 0.6) is 0 Å². The molecule has 1 aromatic rings. The van der Waals surface area contributed by atoms with Crippen LogP contribution in [0.4, 0.5) is 4.79 Å². The fourth-order valence-corrected chi connectivity index (χ4v) is 3.08. The molecule has 2 N–H and O–H groups in total. The van der Waals surface area contributed by atoms with E-state index in [4.69, 9.17) is 0 Å². The summed E-state index contributed by atoms with van der Waals surface area (Å²) < 4.78 is 0. The average molecular weight is 281 g/mol. The lowest BCUT2D eigenvalue weighted by molar-refractivity contribution is -0.125. The van der Waals surface area contributed by atoms with Crippen LogP contribution in [0.25, 0.3) is 0 Å². The van der Waals surface area contributed by atoms with Gasteiger partial charge in [0.1, 0.15) is 0 Å². The molecule has 1 aliphatic rings. The van der Waals surface area contributed by atoms with Gasteiger partial charge in [0.2, 0.25) is 5.91 Å². The van der Waals surface area contributed by atoms with Crippen molar-refractivity contribution in [1.29, 1.82) is 0 Å². The molecule has 0 radical (unpaired) electrons. The van der Waals surface area contributed by atoms with Crippen molar-refractivity contribution in [2.75, 3.05) is 13.1 Å². The Morgan fingerprint density at radius 3 is 3.05 bits per heavy atom. The Hall–Kier alpha value is -1.40. The third-order valence-corrected chi connectivity index (χ3v) is 4.36. The molecule has 5 nitrogen and oxygen atoms in total. The molecule has 104 valence electrons. The maximum atomic E-state index is 12.0. The van der Waals surface area contributed by atoms with Gasteiger partial charge in [-0.25, -0.2) is 4.79 Å². The number of fused-ring (bicyclic) bond motifs is 1. The number of urea groups is 1. The molecule has 0 saturated carbocycles. The highest BCUT2D eigenvalue weighted by Crippen LogP contribution is 2.25. The largest absolute Gasteiger partial charge is 0.338 e. The lowest BCUT2D eigenvalue weighted by atomic mass is 10.1. The van der Waals surface area contributed by atoms with E-state index in [9.17, 15) is 9.59 Å². The van der Waals surface area contributed by atoms with E-state index < -0.39 is 6.03 Å². The van der Waals surface area contributed by atoms with Gasteiger partial charge in [0.15, 0.2) is 0 Å². The SMILES string of the molecule is CCNC(=O)NC(=O)C(C)N1CCc2sccc2C1. The normalized spacial score (nSPS) is 16.5. The number of carbonyl (C=O) groups is 2. The van der Waals surface area contributed by atoms with Crippen molar-refractivity contribution in [2.24, 2.45) is 0 Å². The standard InChI is InChI=1S/C13H19N3O2S/c1-3-14-13(18)15-12(17)9(2)16-6-4-11-10(8-16)5-7-19-11/h5,7,9H,3-4,6,8H2,1-2H3,(H2,14,15,17,18). The van der Waals surface area contributed by atoms with Gasteiger partial charge >= 0.3 is 6.03 Å². The minimum atomic E-state index is -0.424. The molecular weight excluding hydrogens is 262 g/mol. The van der Waals surface area contributed by atoms with Crippen LogP contribution in [0.3, 0.4) is 0 Å². The van der Waals surface area contributed by atoms with E-state index in [2.05, 4.69) is 27.0 Å². The number of imide groups is 1. The fraction of sp³-hybridized carbons (Fsp3) is 0.538. The van der Waals surface area contributed by atoms with Crippen LogP contribution < -0.4 is 10.6 Å². The van der Waals surface area contributed by atoms with Gasteiger partial charge in [-0.15, -0.1) is 11.3 Å². The first-order valence-electron chi connectivity index (χ1n) is 6.49. The van der Waals surface area contributed by atoms with Crippen molar-refractivity contribution in [3.05, 3.63) is 21.9 Å². The second kappa shape index (κ2) is 6.16. The quantitative estimate of drug-likeness (QED) is 0.879. The van der Waals surface area contributed by atoms with Crippen LogP contribution in [0.1, 0.15) is 24.3 Å². The third kappa shape index (κ3) is 3.33. The zero-order valence-electron chi connectivity index (χ0n) is 11.2. The molecular formula is C13H19N3O2S. The van der Waals surface area contributed by atoms with Gasteiger partial charge in [0.05, 0.1) is 6.04 Å². The van der Waals surface area contributed by atoms with E-state index in [1.54, 1.807) is 11.3 Å². The second-order valence-corrected chi connectivity index (χ2v) is 5.61. The van der Waals surface area contributed by atoms with Crippen molar-refractivity contribution in [1.82, 2.24) is 15.5 Å². The molecule has 6 heteroatoms. The van der Waals surface area contributed by atoms with E-state index in [1.807, 2.05) is 13.8 Å². The monoisotopic (exact) mass is 281 g/mol. The first kappa shape index (κ1) is 14.0. The second-order valence-electron chi connectivity index (χ2n) is 4.61. The Balaban J connectivity index is 1.92. The number of hydrogen-bond donors (Lipinski definition) is 2. The van der Waals surface area contributed by atoms with Crippen molar-refractivity contribution in [3.8, 4) is 0 Å². The van der Waals surface area contributed by atoms with Crippen LogP contribution in [0, 0.1) is 0 Å².